The summed E-state index contributed by atoms with van der Waals surface area (Å²) in [5, 5.41) is 9.58. The molecule has 0 aromatic carbocycles. The highest BCUT2D eigenvalue weighted by atomic mass is 16.3. The molecule has 1 N–H and O–H groups in total. The van der Waals surface area contributed by atoms with Crippen LogP contribution in [0.1, 0.15) is 19.3 Å². The van der Waals surface area contributed by atoms with Gasteiger partial charge in [-0.05, 0) is 54.8 Å². The molecule has 0 spiro atoms. The van der Waals surface area contributed by atoms with E-state index in [1.54, 1.807) is 0 Å². The van der Waals surface area contributed by atoms with Crippen LogP contribution in [0, 0.1) is 35.5 Å². The summed E-state index contributed by atoms with van der Waals surface area (Å²) < 4.78 is 0. The van der Waals surface area contributed by atoms with Crippen LogP contribution >= 0.6 is 0 Å². The topological polar surface area (TPSA) is 20.2 Å². The lowest BCUT2D eigenvalue weighted by Gasteiger charge is -2.45. The molecular formula is C10H14O. The van der Waals surface area contributed by atoms with Gasteiger partial charge >= 0.3 is 0 Å². The molecule has 4 saturated carbocycles. The van der Waals surface area contributed by atoms with Crippen LogP contribution in [0.5, 0.6) is 0 Å². The van der Waals surface area contributed by atoms with Crippen LogP contribution in [-0.4, -0.2) is 11.2 Å². The summed E-state index contributed by atoms with van der Waals surface area (Å²) in [5.41, 5.74) is 0. The van der Waals surface area contributed by atoms with Crippen molar-refractivity contribution in [2.45, 2.75) is 25.4 Å². The standard InChI is InChI=1S/C10H14O/c11-9-3-8-5-1-4(5)6-2-7(6)10(8)9/h4-11H,1-3H2/t4-,5+,6-,7-,8+,9?,10?/m1/s1. The first kappa shape index (κ1) is 5.58. The van der Waals surface area contributed by atoms with Crippen LogP contribution in [0.4, 0.5) is 0 Å². The number of rotatable bonds is 0. The molecule has 60 valence electrons. The molecule has 4 fully saturated rings. The molecule has 1 heteroatoms. The van der Waals surface area contributed by atoms with Crippen molar-refractivity contribution in [2.75, 3.05) is 0 Å². The molecule has 0 saturated heterocycles. The summed E-state index contributed by atoms with van der Waals surface area (Å²) in [6.07, 6.45) is 4.25. The normalized spacial score (nSPS) is 75.5. The van der Waals surface area contributed by atoms with E-state index in [0.717, 1.165) is 41.9 Å². The molecule has 4 aliphatic carbocycles. The van der Waals surface area contributed by atoms with Crippen LogP contribution < -0.4 is 0 Å². The van der Waals surface area contributed by atoms with Gasteiger partial charge in [0.05, 0.1) is 6.10 Å². The van der Waals surface area contributed by atoms with Gasteiger partial charge in [0, 0.05) is 0 Å². The predicted molar refractivity (Wildman–Crippen MR) is 40.8 cm³/mol. The fourth-order valence-corrected chi connectivity index (χ4v) is 4.14. The third kappa shape index (κ3) is 0.488. The molecule has 0 bridgehead atoms. The molecular weight excluding hydrogens is 136 g/mol. The number of aliphatic hydroxyl groups is 1. The lowest BCUT2D eigenvalue weighted by atomic mass is 9.63. The third-order valence-corrected chi connectivity index (χ3v) is 4.83. The lowest BCUT2D eigenvalue weighted by Crippen LogP contribution is -2.46. The molecule has 2 unspecified atom stereocenters. The van der Waals surface area contributed by atoms with Crippen molar-refractivity contribution < 1.29 is 5.11 Å². The Morgan fingerprint density at radius 2 is 1.27 bits per heavy atom. The van der Waals surface area contributed by atoms with Gasteiger partial charge in [0.1, 0.15) is 0 Å². The second-order valence-electron chi connectivity index (χ2n) is 5.17. The Kier molecular flexibility index (Phi) is 0.706. The van der Waals surface area contributed by atoms with Gasteiger partial charge in [-0.2, -0.15) is 0 Å². The second-order valence-corrected chi connectivity index (χ2v) is 5.17. The number of aliphatic hydroxyl groups excluding tert-OH is 1. The number of fused-ring (bicyclic) bond motifs is 6. The third-order valence-electron chi connectivity index (χ3n) is 4.83. The van der Waals surface area contributed by atoms with E-state index in [0.29, 0.717) is 0 Å². The second kappa shape index (κ2) is 1.39. The van der Waals surface area contributed by atoms with Gasteiger partial charge in [-0.3, -0.25) is 0 Å². The van der Waals surface area contributed by atoms with Crippen LogP contribution in [0.15, 0.2) is 0 Å². The van der Waals surface area contributed by atoms with E-state index < -0.39 is 0 Å². The summed E-state index contributed by atoms with van der Waals surface area (Å²) in [7, 11) is 0. The van der Waals surface area contributed by atoms with Gasteiger partial charge in [-0.1, -0.05) is 0 Å². The van der Waals surface area contributed by atoms with E-state index in [1.165, 1.54) is 12.8 Å². The van der Waals surface area contributed by atoms with Crippen molar-refractivity contribution in [1.82, 2.24) is 0 Å². The molecule has 4 aliphatic rings. The maximum atomic E-state index is 9.58. The maximum Gasteiger partial charge on any atom is 0.0576 e. The fourth-order valence-electron chi connectivity index (χ4n) is 4.14. The first-order valence-electron chi connectivity index (χ1n) is 5.04. The highest BCUT2D eigenvalue weighted by molar-refractivity contribution is 5.17. The minimum Gasteiger partial charge on any atom is -0.393 e. The van der Waals surface area contributed by atoms with Crippen molar-refractivity contribution in [1.29, 1.82) is 0 Å². The molecule has 11 heavy (non-hydrogen) atoms. The summed E-state index contributed by atoms with van der Waals surface area (Å²) in [4.78, 5) is 0. The van der Waals surface area contributed by atoms with E-state index >= 15 is 0 Å². The maximum absolute atomic E-state index is 9.58. The molecule has 0 amide bonds. The van der Waals surface area contributed by atoms with Gasteiger partial charge < -0.3 is 5.11 Å². The monoisotopic (exact) mass is 150 g/mol. The molecule has 0 heterocycles. The van der Waals surface area contributed by atoms with Gasteiger partial charge in [0.25, 0.3) is 0 Å². The number of hydrogen-bond acceptors (Lipinski definition) is 1. The largest absolute Gasteiger partial charge is 0.393 e. The molecule has 0 aliphatic heterocycles. The average molecular weight is 150 g/mol. The summed E-state index contributed by atoms with van der Waals surface area (Å²) in [6, 6.07) is 0. The summed E-state index contributed by atoms with van der Waals surface area (Å²) in [6.45, 7) is 0. The summed E-state index contributed by atoms with van der Waals surface area (Å²) in [5.74, 6) is 6.01. The molecule has 1 nitrogen and oxygen atoms in total. The first-order chi connectivity index (χ1) is 5.36. The zero-order chi connectivity index (χ0) is 7.16. The Morgan fingerprint density at radius 3 is 2.00 bits per heavy atom. The van der Waals surface area contributed by atoms with Crippen molar-refractivity contribution in [3.05, 3.63) is 0 Å². The summed E-state index contributed by atoms with van der Waals surface area (Å²) >= 11 is 0. The van der Waals surface area contributed by atoms with Crippen LogP contribution in [-0.2, 0) is 0 Å². The Labute approximate surface area is 66.8 Å². The van der Waals surface area contributed by atoms with Gasteiger partial charge in [-0.25, -0.2) is 0 Å². The zero-order valence-corrected chi connectivity index (χ0v) is 6.61. The van der Waals surface area contributed by atoms with E-state index in [2.05, 4.69) is 0 Å². The smallest absolute Gasteiger partial charge is 0.0576 e. The van der Waals surface area contributed by atoms with E-state index in [1.807, 2.05) is 0 Å². The Bertz CT molecular complexity index is 225. The van der Waals surface area contributed by atoms with Gasteiger partial charge in [0.2, 0.25) is 0 Å². The van der Waals surface area contributed by atoms with E-state index in [-0.39, 0.29) is 6.10 Å². The Balaban J connectivity index is 1.72. The average Bonchev–Trinajstić information content (AvgIpc) is 2.73. The quantitative estimate of drug-likeness (QED) is 0.551. The van der Waals surface area contributed by atoms with Crippen LogP contribution in [0.3, 0.4) is 0 Å². The molecule has 7 atom stereocenters. The van der Waals surface area contributed by atoms with E-state index in [9.17, 15) is 5.11 Å². The van der Waals surface area contributed by atoms with E-state index in [4.69, 9.17) is 0 Å². The molecule has 0 aromatic rings. The Hall–Kier alpha value is -0.0400. The highest BCUT2D eigenvalue weighted by Crippen LogP contribution is 2.73. The van der Waals surface area contributed by atoms with Gasteiger partial charge in [-0.15, -0.1) is 0 Å². The minimum absolute atomic E-state index is 0.108. The zero-order valence-electron chi connectivity index (χ0n) is 6.61. The number of hydrogen-bond donors (Lipinski definition) is 1. The SMILES string of the molecule is OC1C[C@@H]2C1[C@@H]1C[C@@H]1[C@@H]1C[C@@H]12. The molecule has 0 radical (unpaired) electrons. The molecule has 0 aromatic heterocycles. The van der Waals surface area contributed by atoms with Crippen LogP contribution in [0.25, 0.3) is 0 Å². The highest BCUT2D eigenvalue weighted by Gasteiger charge is 2.69. The first-order valence-corrected chi connectivity index (χ1v) is 5.04. The predicted octanol–water partition coefficient (Wildman–Crippen LogP) is 1.27. The fraction of sp³-hybridized carbons (Fsp3) is 1.00. The minimum atomic E-state index is 0.108. The molecule has 4 rings (SSSR count). The van der Waals surface area contributed by atoms with Crippen molar-refractivity contribution in [3.8, 4) is 0 Å². The van der Waals surface area contributed by atoms with Crippen molar-refractivity contribution in [2.24, 2.45) is 35.5 Å². The van der Waals surface area contributed by atoms with Crippen molar-refractivity contribution >= 4 is 0 Å². The lowest BCUT2D eigenvalue weighted by molar-refractivity contribution is -0.0705. The Morgan fingerprint density at radius 1 is 0.727 bits per heavy atom. The van der Waals surface area contributed by atoms with Crippen LogP contribution in [0.2, 0.25) is 0 Å². The van der Waals surface area contributed by atoms with Gasteiger partial charge in [0.15, 0.2) is 0 Å². The van der Waals surface area contributed by atoms with Crippen molar-refractivity contribution in [3.63, 3.8) is 0 Å².